The van der Waals surface area contributed by atoms with Crippen LogP contribution >= 0.6 is 11.6 Å². The zero-order valence-corrected chi connectivity index (χ0v) is 9.93. The molecule has 1 nitrogen and oxygen atoms in total. The molecule has 0 spiro atoms. The fourth-order valence-electron chi connectivity index (χ4n) is 1.83. The largest absolute Gasteiger partial charge is 0.310 e. The van der Waals surface area contributed by atoms with Gasteiger partial charge in [-0.2, -0.15) is 0 Å². The number of nitrogens with one attached hydrogen (secondary N) is 1. The first-order valence-electron chi connectivity index (χ1n) is 5.72. The second-order valence-corrected chi connectivity index (χ2v) is 5.02. The first-order valence-corrected chi connectivity index (χ1v) is 6.09. The van der Waals surface area contributed by atoms with Gasteiger partial charge in [0.2, 0.25) is 0 Å². The molecule has 1 aliphatic rings. The Labute approximate surface area is 96.8 Å². The maximum atomic E-state index is 5.83. The first kappa shape index (κ1) is 11.0. The highest BCUT2D eigenvalue weighted by molar-refractivity contribution is 6.30. The third-order valence-electron chi connectivity index (χ3n) is 2.95. The van der Waals surface area contributed by atoms with Crippen molar-refractivity contribution in [2.45, 2.75) is 38.8 Å². The average molecular weight is 224 g/mol. The third-order valence-corrected chi connectivity index (χ3v) is 3.20. The lowest BCUT2D eigenvalue weighted by Gasteiger charge is -2.13. The zero-order valence-electron chi connectivity index (χ0n) is 9.17. The molecular weight excluding hydrogens is 206 g/mol. The van der Waals surface area contributed by atoms with Crippen LogP contribution in [0.5, 0.6) is 0 Å². The van der Waals surface area contributed by atoms with E-state index in [1.807, 2.05) is 12.1 Å². The van der Waals surface area contributed by atoms with Gasteiger partial charge in [-0.1, -0.05) is 36.6 Å². The molecule has 0 aromatic heterocycles. The van der Waals surface area contributed by atoms with E-state index < -0.39 is 0 Å². The molecule has 2 heteroatoms. The summed E-state index contributed by atoms with van der Waals surface area (Å²) in [6.45, 7) is 3.22. The Balaban J connectivity index is 1.74. The van der Waals surface area contributed by atoms with E-state index in [1.54, 1.807) is 0 Å². The van der Waals surface area contributed by atoms with Crippen molar-refractivity contribution in [3.05, 3.63) is 34.9 Å². The molecule has 15 heavy (non-hydrogen) atoms. The molecule has 1 fully saturated rings. The molecule has 0 saturated heterocycles. The molecule has 82 valence electrons. The summed E-state index contributed by atoms with van der Waals surface area (Å²) in [7, 11) is 0. The normalized spacial score (nSPS) is 17.7. The quantitative estimate of drug-likeness (QED) is 0.804. The van der Waals surface area contributed by atoms with Gasteiger partial charge < -0.3 is 5.32 Å². The minimum Gasteiger partial charge on any atom is -0.310 e. The molecule has 0 amide bonds. The Morgan fingerprint density at radius 1 is 1.33 bits per heavy atom. The van der Waals surface area contributed by atoms with E-state index in [2.05, 4.69) is 24.4 Å². The predicted octanol–water partition coefficient (Wildman–Crippen LogP) is 3.62. The lowest BCUT2D eigenvalue weighted by molar-refractivity contribution is 0.487. The van der Waals surface area contributed by atoms with Gasteiger partial charge in [-0.15, -0.1) is 0 Å². The van der Waals surface area contributed by atoms with Crippen molar-refractivity contribution in [1.29, 1.82) is 0 Å². The second-order valence-electron chi connectivity index (χ2n) is 4.59. The summed E-state index contributed by atoms with van der Waals surface area (Å²) in [6, 6.07) is 8.69. The van der Waals surface area contributed by atoms with Crippen LogP contribution in [0.15, 0.2) is 24.3 Å². The Hall–Kier alpha value is -0.530. The summed E-state index contributed by atoms with van der Waals surface area (Å²) in [5, 5.41) is 4.36. The summed E-state index contributed by atoms with van der Waals surface area (Å²) >= 11 is 5.83. The monoisotopic (exact) mass is 223 g/mol. The van der Waals surface area contributed by atoms with Crippen molar-refractivity contribution in [3.63, 3.8) is 0 Å². The Kier molecular flexibility index (Phi) is 3.66. The molecule has 2 rings (SSSR count). The van der Waals surface area contributed by atoms with E-state index in [4.69, 9.17) is 11.6 Å². The minimum atomic E-state index is 0.633. The van der Waals surface area contributed by atoms with E-state index in [0.717, 1.165) is 17.5 Å². The highest BCUT2D eigenvalue weighted by Crippen LogP contribution is 2.33. The number of halogens is 1. The van der Waals surface area contributed by atoms with E-state index >= 15 is 0 Å². The van der Waals surface area contributed by atoms with E-state index in [1.165, 1.54) is 24.8 Å². The molecule has 0 aliphatic heterocycles. The van der Waals surface area contributed by atoms with Crippen LogP contribution in [0.1, 0.15) is 31.7 Å². The highest BCUT2D eigenvalue weighted by atomic mass is 35.5. The number of hydrogen-bond donors (Lipinski definition) is 1. The number of hydrogen-bond acceptors (Lipinski definition) is 1. The van der Waals surface area contributed by atoms with Crippen molar-refractivity contribution in [2.24, 2.45) is 5.92 Å². The molecule has 1 N–H and O–H groups in total. The van der Waals surface area contributed by atoms with E-state index in [0.29, 0.717) is 6.04 Å². The van der Waals surface area contributed by atoms with Crippen LogP contribution in [-0.4, -0.2) is 6.04 Å². The Morgan fingerprint density at radius 3 is 2.60 bits per heavy atom. The van der Waals surface area contributed by atoms with Gasteiger partial charge in [0.1, 0.15) is 0 Å². The van der Waals surface area contributed by atoms with Crippen LogP contribution in [0.2, 0.25) is 5.02 Å². The molecule has 1 aromatic carbocycles. The van der Waals surface area contributed by atoms with Gasteiger partial charge in [-0.05, 0) is 37.0 Å². The summed E-state index contributed by atoms with van der Waals surface area (Å²) in [5.74, 6) is 0.998. The van der Waals surface area contributed by atoms with Gasteiger partial charge in [0.25, 0.3) is 0 Å². The SMILES string of the molecule is CC(CC1CC1)NCc1ccc(Cl)cc1. The smallest absolute Gasteiger partial charge is 0.0406 e. The van der Waals surface area contributed by atoms with Gasteiger partial charge in [0.15, 0.2) is 0 Å². The predicted molar refractivity (Wildman–Crippen MR) is 65.1 cm³/mol. The summed E-state index contributed by atoms with van der Waals surface area (Å²) in [4.78, 5) is 0. The maximum Gasteiger partial charge on any atom is 0.0406 e. The van der Waals surface area contributed by atoms with Crippen LogP contribution in [0.3, 0.4) is 0 Å². The standard InChI is InChI=1S/C13H18ClN/c1-10(8-11-2-3-11)15-9-12-4-6-13(14)7-5-12/h4-7,10-11,15H,2-3,8-9H2,1H3. The van der Waals surface area contributed by atoms with Gasteiger partial charge in [-0.3, -0.25) is 0 Å². The van der Waals surface area contributed by atoms with Crippen LogP contribution in [0, 0.1) is 5.92 Å². The van der Waals surface area contributed by atoms with Gasteiger partial charge >= 0.3 is 0 Å². The van der Waals surface area contributed by atoms with Crippen molar-refractivity contribution in [3.8, 4) is 0 Å². The van der Waals surface area contributed by atoms with Crippen molar-refractivity contribution in [2.75, 3.05) is 0 Å². The highest BCUT2D eigenvalue weighted by Gasteiger charge is 2.23. The number of benzene rings is 1. The molecule has 1 saturated carbocycles. The molecule has 0 bridgehead atoms. The van der Waals surface area contributed by atoms with Crippen LogP contribution in [0.25, 0.3) is 0 Å². The molecule has 1 unspecified atom stereocenters. The van der Waals surface area contributed by atoms with Gasteiger partial charge in [0, 0.05) is 17.6 Å². The molecular formula is C13H18ClN. The molecule has 1 aromatic rings. The third kappa shape index (κ3) is 3.84. The first-order chi connectivity index (χ1) is 7.24. The molecule has 1 atom stereocenters. The average Bonchev–Trinajstić information content (AvgIpc) is 3.01. The Morgan fingerprint density at radius 2 is 2.00 bits per heavy atom. The Bertz CT molecular complexity index is 303. The fraction of sp³-hybridized carbons (Fsp3) is 0.538. The van der Waals surface area contributed by atoms with Gasteiger partial charge in [0.05, 0.1) is 0 Å². The van der Waals surface area contributed by atoms with Crippen LogP contribution in [0.4, 0.5) is 0 Å². The minimum absolute atomic E-state index is 0.633. The van der Waals surface area contributed by atoms with Crippen LogP contribution < -0.4 is 5.32 Å². The second kappa shape index (κ2) is 5.00. The van der Waals surface area contributed by atoms with Crippen molar-refractivity contribution < 1.29 is 0 Å². The maximum absolute atomic E-state index is 5.83. The number of rotatable bonds is 5. The topological polar surface area (TPSA) is 12.0 Å². The molecule has 0 radical (unpaired) electrons. The van der Waals surface area contributed by atoms with E-state index in [-0.39, 0.29) is 0 Å². The van der Waals surface area contributed by atoms with E-state index in [9.17, 15) is 0 Å². The lowest BCUT2D eigenvalue weighted by Crippen LogP contribution is -2.25. The lowest BCUT2D eigenvalue weighted by atomic mass is 10.1. The summed E-state index contributed by atoms with van der Waals surface area (Å²) in [6.07, 6.45) is 4.20. The van der Waals surface area contributed by atoms with Crippen molar-refractivity contribution in [1.82, 2.24) is 5.32 Å². The fourth-order valence-corrected chi connectivity index (χ4v) is 1.96. The van der Waals surface area contributed by atoms with Crippen molar-refractivity contribution >= 4 is 11.6 Å². The molecule has 0 heterocycles. The summed E-state index contributed by atoms with van der Waals surface area (Å²) < 4.78 is 0. The summed E-state index contributed by atoms with van der Waals surface area (Å²) in [5.41, 5.74) is 1.31. The molecule has 1 aliphatic carbocycles. The van der Waals surface area contributed by atoms with Crippen LogP contribution in [-0.2, 0) is 6.54 Å². The zero-order chi connectivity index (χ0) is 10.7. The van der Waals surface area contributed by atoms with Gasteiger partial charge in [-0.25, -0.2) is 0 Å².